The van der Waals surface area contributed by atoms with E-state index in [1.165, 1.54) is 12.8 Å². The number of aromatic nitrogens is 2. The van der Waals surface area contributed by atoms with Gasteiger partial charge in [0.2, 0.25) is 0 Å². The Morgan fingerprint density at radius 3 is 2.44 bits per heavy atom. The number of hydrogen-bond donors (Lipinski definition) is 2. The maximum atomic E-state index is 4.58. The highest BCUT2D eigenvalue weighted by atomic mass is 15.1. The summed E-state index contributed by atoms with van der Waals surface area (Å²) in [6.45, 7) is 0. The van der Waals surface area contributed by atoms with Crippen LogP contribution < -0.4 is 10.6 Å². The molecule has 1 aromatic carbocycles. The zero-order valence-corrected chi connectivity index (χ0v) is 10.4. The van der Waals surface area contributed by atoms with E-state index in [1.54, 1.807) is 0 Å². The first-order valence-electron chi connectivity index (χ1n) is 6.24. The first kappa shape index (κ1) is 11.0. The van der Waals surface area contributed by atoms with Crippen LogP contribution in [0.3, 0.4) is 0 Å². The van der Waals surface area contributed by atoms with E-state index in [1.807, 2.05) is 43.4 Å². The predicted octanol–water partition coefficient (Wildman–Crippen LogP) is 3.14. The molecule has 1 saturated carbocycles. The highest BCUT2D eigenvalue weighted by molar-refractivity contribution is 5.59. The molecule has 92 valence electrons. The number of rotatable bonds is 4. The summed E-state index contributed by atoms with van der Waals surface area (Å²) < 4.78 is 0. The molecule has 18 heavy (non-hydrogen) atoms. The molecule has 0 unspecified atom stereocenters. The maximum Gasteiger partial charge on any atom is 0.136 e. The van der Waals surface area contributed by atoms with Crippen LogP contribution in [0.25, 0.3) is 0 Å². The number of benzene rings is 1. The fraction of sp³-hybridized carbons (Fsp3) is 0.286. The van der Waals surface area contributed by atoms with Crippen LogP contribution in [0, 0.1) is 0 Å². The molecular formula is C14H16N4. The molecule has 0 spiro atoms. The molecule has 0 atom stereocenters. The molecular weight excluding hydrogens is 224 g/mol. The minimum absolute atomic E-state index is 0.551. The second-order valence-electron chi connectivity index (χ2n) is 4.51. The monoisotopic (exact) mass is 240 g/mol. The minimum Gasteiger partial charge on any atom is -0.373 e. The van der Waals surface area contributed by atoms with Crippen LogP contribution >= 0.6 is 0 Å². The molecule has 0 amide bonds. The van der Waals surface area contributed by atoms with E-state index in [0.29, 0.717) is 5.92 Å². The van der Waals surface area contributed by atoms with Crippen molar-refractivity contribution in [1.29, 1.82) is 0 Å². The van der Waals surface area contributed by atoms with Crippen molar-refractivity contribution in [3.05, 3.63) is 42.2 Å². The second-order valence-corrected chi connectivity index (χ2v) is 4.51. The predicted molar refractivity (Wildman–Crippen MR) is 73.3 cm³/mol. The van der Waals surface area contributed by atoms with Crippen molar-refractivity contribution < 1.29 is 0 Å². The van der Waals surface area contributed by atoms with E-state index in [0.717, 1.165) is 23.1 Å². The largest absolute Gasteiger partial charge is 0.373 e. The third-order valence-corrected chi connectivity index (χ3v) is 2.99. The molecule has 1 aromatic heterocycles. The van der Waals surface area contributed by atoms with Crippen LogP contribution in [-0.2, 0) is 0 Å². The van der Waals surface area contributed by atoms with Crippen molar-refractivity contribution >= 4 is 17.3 Å². The topological polar surface area (TPSA) is 49.8 Å². The Kier molecular flexibility index (Phi) is 2.84. The molecule has 4 heteroatoms. The van der Waals surface area contributed by atoms with E-state index >= 15 is 0 Å². The Bertz CT molecular complexity index is 535. The van der Waals surface area contributed by atoms with Gasteiger partial charge in [0.05, 0.1) is 0 Å². The summed E-state index contributed by atoms with van der Waals surface area (Å²) in [5.74, 6) is 3.21. The summed E-state index contributed by atoms with van der Waals surface area (Å²) >= 11 is 0. The molecule has 0 bridgehead atoms. The van der Waals surface area contributed by atoms with Crippen molar-refractivity contribution in [3.8, 4) is 0 Å². The van der Waals surface area contributed by atoms with Gasteiger partial charge in [-0.1, -0.05) is 18.2 Å². The quantitative estimate of drug-likeness (QED) is 0.862. The molecule has 0 saturated heterocycles. The molecule has 2 N–H and O–H groups in total. The fourth-order valence-electron chi connectivity index (χ4n) is 1.85. The summed E-state index contributed by atoms with van der Waals surface area (Å²) in [7, 11) is 1.88. The lowest BCUT2D eigenvalue weighted by Crippen LogP contribution is -2.02. The lowest BCUT2D eigenvalue weighted by Gasteiger charge is -2.09. The van der Waals surface area contributed by atoms with Crippen molar-refractivity contribution in [1.82, 2.24) is 9.97 Å². The van der Waals surface area contributed by atoms with Crippen molar-refractivity contribution in [3.63, 3.8) is 0 Å². The van der Waals surface area contributed by atoms with E-state index in [-0.39, 0.29) is 0 Å². The summed E-state index contributed by atoms with van der Waals surface area (Å²) in [5.41, 5.74) is 1.04. The smallest absolute Gasteiger partial charge is 0.136 e. The summed E-state index contributed by atoms with van der Waals surface area (Å²) in [5, 5.41) is 6.40. The SMILES string of the molecule is CNc1cc(Nc2ccccc2)nc(C2CC2)n1. The first-order chi connectivity index (χ1) is 8.85. The number of nitrogens with zero attached hydrogens (tertiary/aromatic N) is 2. The van der Waals surface area contributed by atoms with Gasteiger partial charge in [0.25, 0.3) is 0 Å². The van der Waals surface area contributed by atoms with Gasteiger partial charge >= 0.3 is 0 Å². The van der Waals surface area contributed by atoms with Crippen LogP contribution in [0.5, 0.6) is 0 Å². The molecule has 4 nitrogen and oxygen atoms in total. The molecule has 1 fully saturated rings. The van der Waals surface area contributed by atoms with E-state index in [9.17, 15) is 0 Å². The van der Waals surface area contributed by atoms with Crippen LogP contribution in [0.15, 0.2) is 36.4 Å². The summed E-state index contributed by atoms with van der Waals surface area (Å²) in [6, 6.07) is 12.0. The van der Waals surface area contributed by atoms with Crippen molar-refractivity contribution in [2.24, 2.45) is 0 Å². The average Bonchev–Trinajstić information content (AvgIpc) is 3.24. The van der Waals surface area contributed by atoms with Gasteiger partial charge in [-0.05, 0) is 25.0 Å². The third kappa shape index (κ3) is 2.42. The number of anilines is 3. The fourth-order valence-corrected chi connectivity index (χ4v) is 1.85. The van der Waals surface area contributed by atoms with E-state index in [4.69, 9.17) is 0 Å². The summed E-state index contributed by atoms with van der Waals surface area (Å²) in [6.07, 6.45) is 2.41. The maximum absolute atomic E-state index is 4.58. The highest BCUT2D eigenvalue weighted by Gasteiger charge is 2.27. The molecule has 1 aliphatic carbocycles. The van der Waals surface area contributed by atoms with Crippen LogP contribution in [-0.4, -0.2) is 17.0 Å². The Morgan fingerprint density at radius 2 is 1.78 bits per heavy atom. The summed E-state index contributed by atoms with van der Waals surface area (Å²) in [4.78, 5) is 9.07. The van der Waals surface area contributed by atoms with Gasteiger partial charge in [-0.25, -0.2) is 9.97 Å². The molecule has 3 rings (SSSR count). The number of para-hydroxylation sites is 1. The Morgan fingerprint density at radius 1 is 1.06 bits per heavy atom. The minimum atomic E-state index is 0.551. The van der Waals surface area contributed by atoms with Gasteiger partial charge in [-0.15, -0.1) is 0 Å². The number of hydrogen-bond acceptors (Lipinski definition) is 4. The van der Waals surface area contributed by atoms with Gasteiger partial charge < -0.3 is 10.6 Å². The van der Waals surface area contributed by atoms with E-state index < -0.39 is 0 Å². The first-order valence-corrected chi connectivity index (χ1v) is 6.24. The molecule has 1 heterocycles. The van der Waals surface area contributed by atoms with Crippen molar-refractivity contribution in [2.45, 2.75) is 18.8 Å². The van der Waals surface area contributed by atoms with Gasteiger partial charge in [0.15, 0.2) is 0 Å². The average molecular weight is 240 g/mol. The standard InChI is InChI=1S/C14H16N4/c1-15-12-9-13(16-11-5-3-2-4-6-11)18-14(17-12)10-7-8-10/h2-6,9-10H,7-8H2,1H3,(H2,15,16,17,18). The van der Waals surface area contributed by atoms with Gasteiger partial charge in [0.1, 0.15) is 17.5 Å². The van der Waals surface area contributed by atoms with Gasteiger partial charge in [-0.2, -0.15) is 0 Å². The normalized spacial score (nSPS) is 14.3. The van der Waals surface area contributed by atoms with Crippen LogP contribution in [0.2, 0.25) is 0 Å². The zero-order valence-electron chi connectivity index (χ0n) is 10.4. The van der Waals surface area contributed by atoms with Crippen LogP contribution in [0.4, 0.5) is 17.3 Å². The van der Waals surface area contributed by atoms with Gasteiger partial charge in [0, 0.05) is 24.7 Å². The molecule has 0 aliphatic heterocycles. The Hall–Kier alpha value is -2.10. The molecule has 1 aliphatic rings. The Balaban J connectivity index is 1.88. The van der Waals surface area contributed by atoms with Gasteiger partial charge in [-0.3, -0.25) is 0 Å². The lowest BCUT2D eigenvalue weighted by atomic mass is 10.3. The van der Waals surface area contributed by atoms with E-state index in [2.05, 4.69) is 20.6 Å². The third-order valence-electron chi connectivity index (χ3n) is 2.99. The molecule has 0 radical (unpaired) electrons. The highest BCUT2D eigenvalue weighted by Crippen LogP contribution is 2.39. The van der Waals surface area contributed by atoms with Crippen LogP contribution in [0.1, 0.15) is 24.6 Å². The van der Waals surface area contributed by atoms with Crippen molar-refractivity contribution in [2.75, 3.05) is 17.7 Å². The number of nitrogens with one attached hydrogen (secondary N) is 2. The molecule has 2 aromatic rings. The lowest BCUT2D eigenvalue weighted by molar-refractivity contribution is 0.932. The zero-order chi connectivity index (χ0) is 12.4. The Labute approximate surface area is 106 Å². The second kappa shape index (κ2) is 4.64.